The second-order valence-electron chi connectivity index (χ2n) is 10.3. The van der Waals surface area contributed by atoms with E-state index in [1.54, 1.807) is 54.7 Å². The van der Waals surface area contributed by atoms with Crippen molar-refractivity contribution in [2.24, 2.45) is 0 Å². The number of aliphatic hydroxyl groups excluding tert-OH is 1. The highest BCUT2D eigenvalue weighted by atomic mass is 16.5. The van der Waals surface area contributed by atoms with Gasteiger partial charge in [-0.3, -0.25) is 19.5 Å². The average Bonchev–Trinajstić information content (AvgIpc) is 3.72. The van der Waals surface area contributed by atoms with Gasteiger partial charge < -0.3 is 40.0 Å². The number of H-pyrrole nitrogens is 1. The summed E-state index contributed by atoms with van der Waals surface area (Å²) in [4.78, 5) is 39.8. The van der Waals surface area contributed by atoms with Crippen LogP contribution in [0.3, 0.4) is 0 Å². The molecule has 2 atom stereocenters. The van der Waals surface area contributed by atoms with Crippen molar-refractivity contribution in [2.45, 2.75) is 12.1 Å². The van der Waals surface area contributed by atoms with Crippen molar-refractivity contribution in [3.63, 3.8) is 0 Å². The Bertz CT molecular complexity index is 1660. The first-order chi connectivity index (χ1) is 21.9. The smallest absolute Gasteiger partial charge is 0.251 e. The van der Waals surface area contributed by atoms with Gasteiger partial charge in [0.15, 0.2) is 11.5 Å². The summed E-state index contributed by atoms with van der Waals surface area (Å²) in [5.41, 5.74) is 2.07. The van der Waals surface area contributed by atoms with Gasteiger partial charge in [-0.15, -0.1) is 0 Å². The van der Waals surface area contributed by atoms with Crippen LogP contribution in [0.4, 0.5) is 0 Å². The van der Waals surface area contributed by atoms with Gasteiger partial charge in [-0.2, -0.15) is 5.10 Å². The second kappa shape index (κ2) is 14.7. The number of rotatable bonds is 14. The molecule has 1 aliphatic heterocycles. The van der Waals surface area contributed by atoms with Crippen molar-refractivity contribution in [2.75, 3.05) is 53.7 Å². The minimum atomic E-state index is -0.389. The lowest BCUT2D eigenvalue weighted by atomic mass is 9.99. The molecule has 45 heavy (non-hydrogen) atoms. The second-order valence-corrected chi connectivity index (χ2v) is 10.3. The third-order valence-electron chi connectivity index (χ3n) is 7.42. The van der Waals surface area contributed by atoms with Crippen LogP contribution in [0.5, 0.6) is 17.2 Å². The highest BCUT2D eigenvalue weighted by molar-refractivity contribution is 6.13. The number of amides is 2. The van der Waals surface area contributed by atoms with Crippen LogP contribution in [0.1, 0.15) is 36.6 Å². The van der Waals surface area contributed by atoms with E-state index in [-0.39, 0.29) is 73.2 Å². The topological polar surface area (TPSA) is 173 Å². The van der Waals surface area contributed by atoms with Gasteiger partial charge in [0.1, 0.15) is 17.9 Å². The minimum absolute atomic E-state index is 0.104. The Labute approximate surface area is 259 Å². The van der Waals surface area contributed by atoms with Crippen molar-refractivity contribution in [3.05, 3.63) is 83.0 Å². The number of nitrogens with zero attached hydrogens (tertiary/aromatic N) is 1. The van der Waals surface area contributed by atoms with Crippen LogP contribution in [0.15, 0.2) is 60.8 Å². The Hall–Kier alpha value is -4.98. The number of nitrogens with one attached hydrogen (secondary N) is 4. The van der Waals surface area contributed by atoms with E-state index in [0.717, 1.165) is 10.9 Å². The number of aliphatic hydroxyl groups is 1. The number of aromatic nitrogens is 2. The summed E-state index contributed by atoms with van der Waals surface area (Å²) < 4.78 is 22.0. The molecule has 5 N–H and O–H groups in total. The van der Waals surface area contributed by atoms with E-state index in [9.17, 15) is 14.4 Å². The lowest BCUT2D eigenvalue weighted by Crippen LogP contribution is -2.51. The molecule has 13 heteroatoms. The van der Waals surface area contributed by atoms with Gasteiger partial charge in [-0.05, 0) is 36.4 Å². The molecular formula is C32H35N5O8. The summed E-state index contributed by atoms with van der Waals surface area (Å²) in [5, 5.41) is 25.8. The highest BCUT2D eigenvalue weighted by Gasteiger charge is 2.30. The molecule has 236 valence electrons. The van der Waals surface area contributed by atoms with Crippen molar-refractivity contribution < 1.29 is 38.4 Å². The molecular weight excluding hydrogens is 582 g/mol. The number of carbonyl (C=O) groups is 3. The number of hydrogen-bond acceptors (Lipinski definition) is 10. The van der Waals surface area contributed by atoms with Gasteiger partial charge >= 0.3 is 0 Å². The number of ether oxygens (including phenoxy) is 4. The molecule has 1 saturated heterocycles. The molecule has 5 rings (SSSR count). The molecule has 0 unspecified atom stereocenters. The molecule has 0 spiro atoms. The molecule has 1 fully saturated rings. The molecule has 0 aliphatic carbocycles. The van der Waals surface area contributed by atoms with Gasteiger partial charge in [0.05, 0.1) is 57.8 Å². The standard InChI is InChI=1S/C32H35N5O8/c1-42-27-10-9-26(45-14-13-44-12-11-38)28(30(27)43-2)29(39)19-3-5-20(6-4-19)31(40)35-24-17-33-18-25(24)36-32(41)21-7-8-22-16-34-37-23(22)15-21/h3-10,15-16,24-25,33,38H,11-14,17-18H2,1-2H3,(H,34,37)(H,35,40)(H,36,41)/t24-,25-/m1/s1. The quantitative estimate of drug-likeness (QED) is 0.104. The zero-order chi connectivity index (χ0) is 31.8. The van der Waals surface area contributed by atoms with Crippen molar-refractivity contribution in [1.29, 1.82) is 0 Å². The third kappa shape index (κ3) is 7.23. The SMILES string of the molecule is COc1ccc(OCCOCCO)c(C(=O)c2ccc(C(=O)N[C@@H]3CNC[C@H]3NC(=O)c3ccc4cn[nH]c4c3)cc2)c1OC. The summed E-state index contributed by atoms with van der Waals surface area (Å²) in [7, 11) is 2.90. The van der Waals surface area contributed by atoms with Gasteiger partial charge in [-0.25, -0.2) is 0 Å². The molecule has 2 heterocycles. The molecule has 3 aromatic carbocycles. The van der Waals surface area contributed by atoms with Crippen LogP contribution in [0.2, 0.25) is 0 Å². The van der Waals surface area contributed by atoms with Crippen LogP contribution in [-0.2, 0) is 4.74 Å². The van der Waals surface area contributed by atoms with Crippen LogP contribution in [0, 0.1) is 0 Å². The van der Waals surface area contributed by atoms with Crippen molar-refractivity contribution >= 4 is 28.5 Å². The first kappa shape index (κ1) is 31.4. The fraction of sp³-hybridized carbons (Fsp3) is 0.312. The Balaban J connectivity index is 1.25. The van der Waals surface area contributed by atoms with Gasteiger partial charge in [-0.1, -0.05) is 18.2 Å². The lowest BCUT2D eigenvalue weighted by Gasteiger charge is -2.21. The van der Waals surface area contributed by atoms with Crippen LogP contribution in [-0.4, -0.2) is 98.7 Å². The maximum absolute atomic E-state index is 13.7. The summed E-state index contributed by atoms with van der Waals surface area (Å²) >= 11 is 0. The monoisotopic (exact) mass is 617 g/mol. The first-order valence-corrected chi connectivity index (χ1v) is 14.4. The third-order valence-corrected chi connectivity index (χ3v) is 7.42. The molecule has 0 saturated carbocycles. The fourth-order valence-electron chi connectivity index (χ4n) is 5.10. The minimum Gasteiger partial charge on any atom is -0.493 e. The summed E-state index contributed by atoms with van der Waals surface area (Å²) in [6.07, 6.45) is 1.69. The highest BCUT2D eigenvalue weighted by Crippen LogP contribution is 2.39. The predicted molar refractivity (Wildman–Crippen MR) is 164 cm³/mol. The van der Waals surface area contributed by atoms with E-state index in [2.05, 4.69) is 26.1 Å². The Morgan fingerprint density at radius 1 is 0.844 bits per heavy atom. The van der Waals surface area contributed by atoms with Crippen LogP contribution < -0.4 is 30.2 Å². The van der Waals surface area contributed by atoms with Gasteiger partial charge in [0, 0.05) is 35.2 Å². The summed E-state index contributed by atoms with van der Waals surface area (Å²) in [6, 6.07) is 14.1. The average molecular weight is 618 g/mol. The van der Waals surface area contributed by atoms with Crippen LogP contribution in [0.25, 0.3) is 10.9 Å². The number of methoxy groups -OCH3 is 2. The number of fused-ring (bicyclic) bond motifs is 1. The van der Waals surface area contributed by atoms with E-state index < -0.39 is 0 Å². The Morgan fingerprint density at radius 2 is 1.51 bits per heavy atom. The van der Waals surface area contributed by atoms with E-state index >= 15 is 0 Å². The zero-order valence-electron chi connectivity index (χ0n) is 24.9. The number of ketones is 1. The lowest BCUT2D eigenvalue weighted by molar-refractivity contribution is 0.0700. The number of benzene rings is 3. The molecule has 13 nitrogen and oxygen atoms in total. The van der Waals surface area contributed by atoms with E-state index in [1.807, 2.05) is 6.07 Å². The van der Waals surface area contributed by atoms with E-state index in [4.69, 9.17) is 24.1 Å². The maximum Gasteiger partial charge on any atom is 0.251 e. The van der Waals surface area contributed by atoms with E-state index in [1.165, 1.54) is 14.2 Å². The first-order valence-electron chi connectivity index (χ1n) is 14.4. The molecule has 0 radical (unpaired) electrons. The number of aromatic amines is 1. The number of carbonyl (C=O) groups excluding carboxylic acids is 3. The normalized spacial score (nSPS) is 15.9. The predicted octanol–water partition coefficient (Wildman–Crippen LogP) is 1.70. The molecule has 2 amide bonds. The molecule has 1 aromatic heterocycles. The van der Waals surface area contributed by atoms with Crippen LogP contribution >= 0.6 is 0 Å². The number of hydrogen-bond donors (Lipinski definition) is 5. The molecule has 4 aromatic rings. The van der Waals surface area contributed by atoms with Gasteiger partial charge in [0.2, 0.25) is 5.78 Å². The summed E-state index contributed by atoms with van der Waals surface area (Å²) in [5.74, 6) is -0.139. The van der Waals surface area contributed by atoms with Crippen molar-refractivity contribution in [3.8, 4) is 17.2 Å². The van der Waals surface area contributed by atoms with Crippen molar-refractivity contribution in [1.82, 2.24) is 26.1 Å². The van der Waals surface area contributed by atoms with E-state index in [0.29, 0.717) is 35.5 Å². The molecule has 1 aliphatic rings. The summed E-state index contributed by atoms with van der Waals surface area (Å²) in [6.45, 7) is 1.41. The van der Waals surface area contributed by atoms with Gasteiger partial charge in [0.25, 0.3) is 11.8 Å². The molecule has 0 bridgehead atoms. The zero-order valence-corrected chi connectivity index (χ0v) is 24.9. The maximum atomic E-state index is 13.7. The fourth-order valence-corrected chi connectivity index (χ4v) is 5.10. The Kier molecular flexibility index (Phi) is 10.2. The Morgan fingerprint density at radius 3 is 2.20 bits per heavy atom. The largest absolute Gasteiger partial charge is 0.493 e.